The van der Waals surface area contributed by atoms with Gasteiger partial charge in [0.05, 0.1) is 12.8 Å². The molecule has 0 atom stereocenters. The van der Waals surface area contributed by atoms with Crippen LogP contribution in [-0.4, -0.2) is 30.1 Å². The van der Waals surface area contributed by atoms with Gasteiger partial charge < -0.3 is 15.2 Å². The molecule has 2 N–H and O–H groups in total. The lowest BCUT2D eigenvalue weighted by molar-refractivity contribution is -0.133. The molecule has 0 bridgehead atoms. The first-order chi connectivity index (χ1) is 8.88. The zero-order valence-electron chi connectivity index (χ0n) is 10.6. The van der Waals surface area contributed by atoms with Crippen LogP contribution in [-0.2, 0) is 14.3 Å². The van der Waals surface area contributed by atoms with Crippen molar-refractivity contribution in [2.45, 2.75) is 13.8 Å². The summed E-state index contributed by atoms with van der Waals surface area (Å²) in [6, 6.07) is 1.55. The van der Waals surface area contributed by atoms with E-state index in [0.29, 0.717) is 5.69 Å². The minimum Gasteiger partial charge on any atom is -0.478 e. The molecule has 0 radical (unpaired) electrons. The number of rotatable bonds is 4. The van der Waals surface area contributed by atoms with Crippen LogP contribution in [0.3, 0.4) is 0 Å². The molecule has 102 valence electrons. The zero-order valence-corrected chi connectivity index (χ0v) is 11.5. The maximum atomic E-state index is 11.8. The number of ether oxygens (including phenoxy) is 1. The molecule has 1 amide bonds. The second kappa shape index (κ2) is 6.14. The van der Waals surface area contributed by atoms with Gasteiger partial charge in [0.2, 0.25) is 0 Å². The van der Waals surface area contributed by atoms with E-state index in [4.69, 9.17) is 5.11 Å². The van der Waals surface area contributed by atoms with Crippen molar-refractivity contribution in [1.82, 2.24) is 0 Å². The van der Waals surface area contributed by atoms with Gasteiger partial charge in [-0.25, -0.2) is 9.59 Å². The minimum atomic E-state index is -1.16. The lowest BCUT2D eigenvalue weighted by Gasteiger charge is -2.07. The number of methoxy groups -OCH3 is 1. The zero-order chi connectivity index (χ0) is 14.6. The van der Waals surface area contributed by atoms with Crippen molar-refractivity contribution in [1.29, 1.82) is 0 Å². The Morgan fingerprint density at radius 1 is 1.26 bits per heavy atom. The summed E-state index contributed by atoms with van der Waals surface area (Å²) in [6.45, 7) is 2.75. The van der Waals surface area contributed by atoms with E-state index in [1.54, 1.807) is 11.4 Å². The van der Waals surface area contributed by atoms with Crippen molar-refractivity contribution in [3.8, 4) is 0 Å². The molecule has 0 fully saturated rings. The second-order valence-corrected chi connectivity index (χ2v) is 4.58. The summed E-state index contributed by atoms with van der Waals surface area (Å²) < 4.78 is 4.58. The Labute approximate surface area is 113 Å². The molecule has 0 unspecified atom stereocenters. The molecular formula is C12H13NO5S. The van der Waals surface area contributed by atoms with E-state index in [9.17, 15) is 14.4 Å². The van der Waals surface area contributed by atoms with Crippen LogP contribution in [0.1, 0.15) is 23.5 Å². The van der Waals surface area contributed by atoms with Crippen molar-refractivity contribution >= 4 is 34.9 Å². The lowest BCUT2D eigenvalue weighted by Crippen LogP contribution is -2.17. The Morgan fingerprint density at radius 3 is 2.42 bits per heavy atom. The smallest absolute Gasteiger partial charge is 0.350 e. The van der Waals surface area contributed by atoms with Gasteiger partial charge in [0.15, 0.2) is 0 Å². The van der Waals surface area contributed by atoms with Crippen LogP contribution in [0.2, 0.25) is 0 Å². The number of aliphatic carboxylic acids is 1. The summed E-state index contributed by atoms with van der Waals surface area (Å²) in [5, 5.41) is 12.9. The highest BCUT2D eigenvalue weighted by atomic mass is 32.1. The number of carboxylic acid groups (broad SMARTS) is 1. The highest BCUT2D eigenvalue weighted by molar-refractivity contribution is 7.12. The lowest BCUT2D eigenvalue weighted by atomic mass is 10.1. The molecule has 0 saturated heterocycles. The van der Waals surface area contributed by atoms with Crippen LogP contribution in [0.25, 0.3) is 0 Å². The first-order valence-electron chi connectivity index (χ1n) is 5.26. The Hall–Kier alpha value is -2.15. The second-order valence-electron chi connectivity index (χ2n) is 3.66. The topological polar surface area (TPSA) is 92.7 Å². The molecule has 0 aliphatic carbocycles. The predicted molar refractivity (Wildman–Crippen MR) is 70.3 cm³/mol. The number of hydrogen-bond donors (Lipinski definition) is 2. The SMILES string of the molecule is COC(=O)c1sccc1NC(=O)C(C)=C(C)C(=O)O. The number of nitrogens with one attached hydrogen (secondary N) is 1. The van der Waals surface area contributed by atoms with Crippen LogP contribution >= 0.6 is 11.3 Å². The van der Waals surface area contributed by atoms with E-state index >= 15 is 0 Å². The molecule has 0 spiro atoms. The van der Waals surface area contributed by atoms with E-state index in [2.05, 4.69) is 10.1 Å². The molecule has 7 heteroatoms. The predicted octanol–water partition coefficient (Wildman–Crippen LogP) is 1.89. The van der Waals surface area contributed by atoms with Gasteiger partial charge in [-0.05, 0) is 25.3 Å². The number of esters is 1. The van der Waals surface area contributed by atoms with Crippen molar-refractivity contribution < 1.29 is 24.2 Å². The molecule has 19 heavy (non-hydrogen) atoms. The fourth-order valence-electron chi connectivity index (χ4n) is 1.21. The van der Waals surface area contributed by atoms with E-state index in [1.807, 2.05) is 0 Å². The Bertz CT molecular complexity index is 558. The third-order valence-electron chi connectivity index (χ3n) is 2.51. The van der Waals surface area contributed by atoms with Gasteiger partial charge in [-0.2, -0.15) is 0 Å². The largest absolute Gasteiger partial charge is 0.478 e. The molecule has 0 aliphatic heterocycles. The number of hydrogen-bond acceptors (Lipinski definition) is 5. The number of carbonyl (C=O) groups is 3. The number of carboxylic acids is 1. The maximum absolute atomic E-state index is 11.8. The summed E-state index contributed by atoms with van der Waals surface area (Å²) in [5.41, 5.74) is 0.334. The molecule has 1 rings (SSSR count). The Balaban J connectivity index is 2.96. The average molecular weight is 283 g/mol. The van der Waals surface area contributed by atoms with Gasteiger partial charge in [0.1, 0.15) is 4.88 Å². The van der Waals surface area contributed by atoms with Gasteiger partial charge in [-0.1, -0.05) is 0 Å². The Morgan fingerprint density at radius 2 is 1.89 bits per heavy atom. The van der Waals surface area contributed by atoms with Crippen molar-refractivity contribution in [2.75, 3.05) is 12.4 Å². The summed E-state index contributed by atoms with van der Waals surface area (Å²) >= 11 is 1.13. The van der Waals surface area contributed by atoms with Gasteiger partial charge in [0.25, 0.3) is 5.91 Å². The molecule has 1 heterocycles. The quantitative estimate of drug-likeness (QED) is 0.650. The molecule has 1 aromatic rings. The normalized spacial score (nSPS) is 11.5. The third kappa shape index (κ3) is 3.41. The summed E-state index contributed by atoms with van der Waals surface area (Å²) in [7, 11) is 1.24. The van der Waals surface area contributed by atoms with Crippen LogP contribution in [0, 0.1) is 0 Å². The average Bonchev–Trinajstić information content (AvgIpc) is 2.83. The standard InChI is InChI=1S/C12H13NO5S/c1-6(7(2)11(15)16)10(14)13-8-4-5-19-9(8)12(17)18-3/h4-5H,1-3H3,(H,13,14)(H,15,16). The van der Waals surface area contributed by atoms with Crippen molar-refractivity contribution in [2.24, 2.45) is 0 Å². The summed E-state index contributed by atoms with van der Waals surface area (Å²) in [6.07, 6.45) is 0. The van der Waals surface area contributed by atoms with Gasteiger partial charge in [-0.3, -0.25) is 4.79 Å². The monoisotopic (exact) mass is 283 g/mol. The molecular weight excluding hydrogens is 270 g/mol. The maximum Gasteiger partial charge on any atom is 0.350 e. The molecule has 0 aromatic carbocycles. The number of thiophene rings is 1. The van der Waals surface area contributed by atoms with E-state index < -0.39 is 17.8 Å². The highest BCUT2D eigenvalue weighted by Crippen LogP contribution is 2.23. The number of amides is 1. The van der Waals surface area contributed by atoms with Crippen molar-refractivity contribution in [3.63, 3.8) is 0 Å². The highest BCUT2D eigenvalue weighted by Gasteiger charge is 2.18. The first-order valence-corrected chi connectivity index (χ1v) is 6.14. The van der Waals surface area contributed by atoms with E-state index in [-0.39, 0.29) is 16.0 Å². The van der Waals surface area contributed by atoms with Gasteiger partial charge >= 0.3 is 11.9 Å². The third-order valence-corrected chi connectivity index (χ3v) is 3.40. The van der Waals surface area contributed by atoms with E-state index in [1.165, 1.54) is 21.0 Å². The summed E-state index contributed by atoms with van der Waals surface area (Å²) in [5.74, 6) is -2.28. The minimum absolute atomic E-state index is 0.0488. The fourth-order valence-corrected chi connectivity index (χ4v) is 1.97. The molecule has 0 aliphatic rings. The fraction of sp³-hybridized carbons (Fsp3) is 0.250. The number of anilines is 1. The van der Waals surface area contributed by atoms with Crippen LogP contribution in [0.5, 0.6) is 0 Å². The van der Waals surface area contributed by atoms with Gasteiger partial charge in [0, 0.05) is 11.1 Å². The Kier molecular flexibility index (Phi) is 4.82. The molecule has 1 aromatic heterocycles. The first kappa shape index (κ1) is 14.9. The van der Waals surface area contributed by atoms with Gasteiger partial charge in [-0.15, -0.1) is 11.3 Å². The molecule has 6 nitrogen and oxygen atoms in total. The number of carbonyl (C=O) groups excluding carboxylic acids is 2. The van der Waals surface area contributed by atoms with E-state index in [0.717, 1.165) is 11.3 Å². The molecule has 0 saturated carbocycles. The van der Waals surface area contributed by atoms with Crippen molar-refractivity contribution in [3.05, 3.63) is 27.5 Å². The van der Waals surface area contributed by atoms with Crippen LogP contribution in [0.15, 0.2) is 22.6 Å². The van der Waals surface area contributed by atoms with Crippen LogP contribution in [0.4, 0.5) is 5.69 Å². The van der Waals surface area contributed by atoms with Crippen LogP contribution < -0.4 is 5.32 Å². The summed E-state index contributed by atoms with van der Waals surface area (Å²) in [4.78, 5) is 34.3.